The second-order valence-corrected chi connectivity index (χ2v) is 4.79. The molecular weight excluding hydrogens is 209 g/mol. The molecule has 2 rings (SSSR count). The molecule has 0 amide bonds. The first-order valence-corrected chi connectivity index (χ1v) is 5.70. The van der Waals surface area contributed by atoms with Gasteiger partial charge >= 0.3 is 0 Å². The lowest BCUT2D eigenvalue weighted by Crippen LogP contribution is -1.77. The molecule has 1 nitrogen and oxygen atoms in total. The van der Waals surface area contributed by atoms with E-state index in [4.69, 9.17) is 0 Å². The highest BCUT2D eigenvalue weighted by Gasteiger charge is 2.07. The van der Waals surface area contributed by atoms with Crippen molar-refractivity contribution in [3.8, 4) is 10.6 Å². The van der Waals surface area contributed by atoms with Crippen molar-refractivity contribution in [2.45, 2.75) is 19.8 Å². The monoisotopic (exact) mass is 221 g/mol. The molecule has 2 aromatic rings. The van der Waals surface area contributed by atoms with E-state index >= 15 is 0 Å². The van der Waals surface area contributed by atoms with E-state index in [-0.39, 0.29) is 5.82 Å². The van der Waals surface area contributed by atoms with Crippen LogP contribution in [-0.4, -0.2) is 4.98 Å². The lowest BCUT2D eigenvalue weighted by atomic mass is 10.2. The summed E-state index contributed by atoms with van der Waals surface area (Å²) in [5.41, 5.74) is 0.980. The molecule has 0 aliphatic heterocycles. The lowest BCUT2D eigenvalue weighted by Gasteiger charge is -1.97. The minimum Gasteiger partial charge on any atom is -0.244 e. The van der Waals surface area contributed by atoms with Crippen molar-refractivity contribution in [2.75, 3.05) is 0 Å². The van der Waals surface area contributed by atoms with Crippen LogP contribution in [0.1, 0.15) is 24.6 Å². The van der Waals surface area contributed by atoms with E-state index < -0.39 is 0 Å². The van der Waals surface area contributed by atoms with Crippen molar-refractivity contribution in [3.63, 3.8) is 0 Å². The van der Waals surface area contributed by atoms with Gasteiger partial charge in [-0.3, -0.25) is 0 Å². The molecule has 0 bridgehead atoms. The number of benzene rings is 1. The van der Waals surface area contributed by atoms with Crippen LogP contribution in [0.3, 0.4) is 0 Å². The zero-order valence-electron chi connectivity index (χ0n) is 8.70. The molecular formula is C12H12FNS. The summed E-state index contributed by atoms with van der Waals surface area (Å²) < 4.78 is 12.7. The molecule has 0 aliphatic rings. The van der Waals surface area contributed by atoms with Gasteiger partial charge in [0.25, 0.3) is 0 Å². The average Bonchev–Trinajstić information content (AvgIpc) is 2.68. The third-order valence-corrected chi connectivity index (χ3v) is 3.53. The highest BCUT2D eigenvalue weighted by Crippen LogP contribution is 2.29. The van der Waals surface area contributed by atoms with Crippen molar-refractivity contribution in [1.82, 2.24) is 4.98 Å². The summed E-state index contributed by atoms with van der Waals surface area (Å²) in [7, 11) is 0. The molecule has 0 atom stereocenters. The highest BCUT2D eigenvalue weighted by atomic mass is 32.1. The van der Waals surface area contributed by atoms with Crippen LogP contribution < -0.4 is 0 Å². The number of rotatable bonds is 2. The Labute approximate surface area is 92.6 Å². The molecule has 0 spiro atoms. The van der Waals surface area contributed by atoms with Gasteiger partial charge in [0.05, 0.1) is 0 Å². The van der Waals surface area contributed by atoms with Gasteiger partial charge in [-0.2, -0.15) is 0 Å². The Hall–Kier alpha value is -1.22. The quantitative estimate of drug-likeness (QED) is 0.744. The fraction of sp³-hybridized carbons (Fsp3) is 0.250. The molecule has 0 saturated carbocycles. The molecule has 0 aliphatic carbocycles. The zero-order chi connectivity index (χ0) is 10.8. The van der Waals surface area contributed by atoms with Crippen molar-refractivity contribution in [3.05, 3.63) is 41.2 Å². The summed E-state index contributed by atoms with van der Waals surface area (Å²) in [4.78, 5) is 5.59. The Kier molecular flexibility index (Phi) is 2.82. The van der Waals surface area contributed by atoms with Gasteiger partial charge in [0.2, 0.25) is 0 Å². The van der Waals surface area contributed by atoms with Crippen LogP contribution in [0.15, 0.2) is 30.5 Å². The SMILES string of the molecule is CC(C)c1cnc(-c2ccc(F)cc2)s1. The van der Waals surface area contributed by atoms with Crippen molar-refractivity contribution < 1.29 is 4.39 Å². The van der Waals surface area contributed by atoms with Crippen LogP contribution in [-0.2, 0) is 0 Å². The minimum absolute atomic E-state index is 0.209. The molecule has 0 radical (unpaired) electrons. The Balaban J connectivity index is 2.33. The maximum absolute atomic E-state index is 12.7. The summed E-state index contributed by atoms with van der Waals surface area (Å²) in [5, 5.41) is 0.957. The number of hydrogen-bond acceptors (Lipinski definition) is 2. The lowest BCUT2D eigenvalue weighted by molar-refractivity contribution is 0.628. The van der Waals surface area contributed by atoms with Crippen molar-refractivity contribution in [2.24, 2.45) is 0 Å². The summed E-state index contributed by atoms with van der Waals surface area (Å²) in [5.74, 6) is 0.288. The average molecular weight is 221 g/mol. The summed E-state index contributed by atoms with van der Waals surface area (Å²) in [6.07, 6.45) is 1.90. The number of thiazole rings is 1. The topological polar surface area (TPSA) is 12.9 Å². The van der Waals surface area contributed by atoms with Gasteiger partial charge in [0.1, 0.15) is 10.8 Å². The van der Waals surface area contributed by atoms with Crippen LogP contribution in [0, 0.1) is 5.82 Å². The number of aromatic nitrogens is 1. The number of halogens is 1. The minimum atomic E-state index is -0.209. The maximum Gasteiger partial charge on any atom is 0.123 e. The maximum atomic E-state index is 12.7. The standard InChI is InChI=1S/C12H12FNS/c1-8(2)11-7-14-12(15-11)9-3-5-10(13)6-4-9/h3-8H,1-2H3. The normalized spacial score (nSPS) is 10.9. The van der Waals surface area contributed by atoms with Gasteiger partial charge < -0.3 is 0 Å². The highest BCUT2D eigenvalue weighted by molar-refractivity contribution is 7.15. The smallest absolute Gasteiger partial charge is 0.123 e. The third kappa shape index (κ3) is 2.23. The van der Waals surface area contributed by atoms with Gasteiger partial charge in [-0.05, 0) is 30.2 Å². The van der Waals surface area contributed by atoms with E-state index in [1.54, 1.807) is 23.5 Å². The largest absolute Gasteiger partial charge is 0.244 e. The van der Waals surface area contributed by atoms with E-state index in [1.165, 1.54) is 17.0 Å². The van der Waals surface area contributed by atoms with Crippen LogP contribution in [0.5, 0.6) is 0 Å². The summed E-state index contributed by atoms with van der Waals surface area (Å²) in [6.45, 7) is 4.28. The molecule has 1 aromatic carbocycles. The molecule has 0 N–H and O–H groups in total. The number of nitrogens with zero attached hydrogens (tertiary/aromatic N) is 1. The Morgan fingerprint density at radius 3 is 2.40 bits per heavy atom. The Morgan fingerprint density at radius 1 is 1.20 bits per heavy atom. The van der Waals surface area contributed by atoms with Gasteiger partial charge in [-0.15, -0.1) is 11.3 Å². The molecule has 78 valence electrons. The summed E-state index contributed by atoms with van der Waals surface area (Å²) >= 11 is 1.67. The number of hydrogen-bond donors (Lipinski definition) is 0. The van der Waals surface area contributed by atoms with E-state index in [2.05, 4.69) is 18.8 Å². The zero-order valence-corrected chi connectivity index (χ0v) is 9.51. The van der Waals surface area contributed by atoms with Crippen LogP contribution in [0.25, 0.3) is 10.6 Å². The van der Waals surface area contributed by atoms with Crippen molar-refractivity contribution in [1.29, 1.82) is 0 Å². The second kappa shape index (κ2) is 4.11. The van der Waals surface area contributed by atoms with Crippen LogP contribution >= 0.6 is 11.3 Å². The van der Waals surface area contributed by atoms with Crippen LogP contribution in [0.4, 0.5) is 4.39 Å². The predicted molar refractivity (Wildman–Crippen MR) is 61.6 cm³/mol. The predicted octanol–water partition coefficient (Wildman–Crippen LogP) is 4.07. The van der Waals surface area contributed by atoms with E-state index in [1.807, 2.05) is 6.20 Å². The van der Waals surface area contributed by atoms with Crippen LogP contribution in [0.2, 0.25) is 0 Å². The molecule has 0 fully saturated rings. The first-order valence-electron chi connectivity index (χ1n) is 4.88. The van der Waals surface area contributed by atoms with Gasteiger partial charge in [-0.25, -0.2) is 9.37 Å². The van der Waals surface area contributed by atoms with E-state index in [9.17, 15) is 4.39 Å². The molecule has 0 unspecified atom stereocenters. The third-order valence-electron chi connectivity index (χ3n) is 2.18. The molecule has 1 aromatic heterocycles. The molecule has 3 heteroatoms. The van der Waals surface area contributed by atoms with Gasteiger partial charge in [0, 0.05) is 16.6 Å². The summed E-state index contributed by atoms with van der Waals surface area (Å²) in [6, 6.07) is 6.45. The fourth-order valence-electron chi connectivity index (χ4n) is 1.28. The Morgan fingerprint density at radius 2 is 1.87 bits per heavy atom. The molecule has 1 heterocycles. The molecule has 0 saturated heterocycles. The molecule has 15 heavy (non-hydrogen) atoms. The van der Waals surface area contributed by atoms with Gasteiger partial charge in [0.15, 0.2) is 0 Å². The fourth-order valence-corrected chi connectivity index (χ4v) is 2.20. The first kappa shape index (κ1) is 10.3. The van der Waals surface area contributed by atoms with Crippen molar-refractivity contribution >= 4 is 11.3 Å². The first-order chi connectivity index (χ1) is 7.16. The van der Waals surface area contributed by atoms with Gasteiger partial charge in [-0.1, -0.05) is 13.8 Å². The van der Waals surface area contributed by atoms with E-state index in [0.717, 1.165) is 10.6 Å². The van der Waals surface area contributed by atoms with E-state index in [0.29, 0.717) is 5.92 Å². The second-order valence-electron chi connectivity index (χ2n) is 3.73. The Bertz CT molecular complexity index is 445.